The molecule has 0 aliphatic heterocycles. The van der Waals surface area contributed by atoms with Gasteiger partial charge in [-0.25, -0.2) is 0 Å². The Morgan fingerprint density at radius 2 is 1.83 bits per heavy atom. The maximum atomic E-state index is 10.2. The number of aromatic nitrogens is 1. The highest BCUT2D eigenvalue weighted by Crippen LogP contribution is 2.22. The molecule has 1 rings (SSSR count). The molecule has 0 aromatic carbocycles. The van der Waals surface area contributed by atoms with Gasteiger partial charge in [-0.1, -0.05) is 39.0 Å². The van der Waals surface area contributed by atoms with Crippen molar-refractivity contribution in [2.75, 3.05) is 6.54 Å². The van der Waals surface area contributed by atoms with Gasteiger partial charge >= 0.3 is 0 Å². The standard InChI is InChI=1S/C15H26N2O/c1-2-3-4-5-6-7-15(18)14(12-16)13-8-10-17-11-9-13/h8-11,14-15,18H,2-7,12,16H2,1H3. The molecule has 0 spiro atoms. The molecule has 0 saturated carbocycles. The van der Waals surface area contributed by atoms with Crippen molar-refractivity contribution in [3.05, 3.63) is 30.1 Å². The molecule has 18 heavy (non-hydrogen) atoms. The van der Waals surface area contributed by atoms with Gasteiger partial charge in [-0.2, -0.15) is 0 Å². The normalized spacial score (nSPS) is 14.4. The van der Waals surface area contributed by atoms with Crippen LogP contribution in [0, 0.1) is 0 Å². The van der Waals surface area contributed by atoms with Crippen LogP contribution in [-0.2, 0) is 0 Å². The minimum absolute atomic E-state index is 0.0409. The van der Waals surface area contributed by atoms with Gasteiger partial charge in [0.15, 0.2) is 0 Å². The first-order valence-electron chi connectivity index (χ1n) is 7.07. The van der Waals surface area contributed by atoms with Crippen molar-refractivity contribution >= 4 is 0 Å². The van der Waals surface area contributed by atoms with E-state index in [-0.39, 0.29) is 12.0 Å². The van der Waals surface area contributed by atoms with Crippen molar-refractivity contribution in [1.29, 1.82) is 0 Å². The summed E-state index contributed by atoms with van der Waals surface area (Å²) in [4.78, 5) is 3.99. The Bertz CT molecular complexity index is 303. The number of hydrogen-bond acceptors (Lipinski definition) is 3. The summed E-state index contributed by atoms with van der Waals surface area (Å²) in [5.41, 5.74) is 6.87. The van der Waals surface area contributed by atoms with Crippen LogP contribution in [0.25, 0.3) is 0 Å². The van der Waals surface area contributed by atoms with Crippen LogP contribution >= 0.6 is 0 Å². The Hall–Kier alpha value is -0.930. The van der Waals surface area contributed by atoms with E-state index in [0.717, 1.165) is 18.4 Å². The smallest absolute Gasteiger partial charge is 0.0620 e. The van der Waals surface area contributed by atoms with Gasteiger partial charge in [-0.3, -0.25) is 4.98 Å². The third-order valence-electron chi connectivity index (χ3n) is 3.46. The fraction of sp³-hybridized carbons (Fsp3) is 0.667. The van der Waals surface area contributed by atoms with Crippen LogP contribution < -0.4 is 5.73 Å². The van der Waals surface area contributed by atoms with Crippen LogP contribution in [0.1, 0.15) is 56.9 Å². The average Bonchev–Trinajstić information content (AvgIpc) is 2.40. The van der Waals surface area contributed by atoms with Gasteiger partial charge in [-0.15, -0.1) is 0 Å². The third-order valence-corrected chi connectivity index (χ3v) is 3.46. The Morgan fingerprint density at radius 1 is 1.17 bits per heavy atom. The highest BCUT2D eigenvalue weighted by atomic mass is 16.3. The van der Waals surface area contributed by atoms with E-state index in [1.165, 1.54) is 25.7 Å². The predicted molar refractivity (Wildman–Crippen MR) is 75.4 cm³/mol. The van der Waals surface area contributed by atoms with Gasteiger partial charge in [0.05, 0.1) is 6.10 Å². The minimum atomic E-state index is -0.334. The molecule has 2 atom stereocenters. The number of nitrogens with two attached hydrogens (primary N) is 1. The number of aliphatic hydroxyl groups excluding tert-OH is 1. The lowest BCUT2D eigenvalue weighted by atomic mass is 9.91. The van der Waals surface area contributed by atoms with E-state index in [1.54, 1.807) is 12.4 Å². The summed E-state index contributed by atoms with van der Waals surface area (Å²) in [6.45, 7) is 2.70. The Balaban J connectivity index is 2.36. The van der Waals surface area contributed by atoms with Gasteiger partial charge in [0.2, 0.25) is 0 Å². The maximum absolute atomic E-state index is 10.2. The number of unbranched alkanes of at least 4 members (excludes halogenated alkanes) is 4. The average molecular weight is 250 g/mol. The van der Waals surface area contributed by atoms with Crippen molar-refractivity contribution in [1.82, 2.24) is 4.98 Å². The first-order chi connectivity index (χ1) is 8.79. The lowest BCUT2D eigenvalue weighted by Gasteiger charge is -2.21. The van der Waals surface area contributed by atoms with E-state index in [0.29, 0.717) is 6.54 Å². The lowest BCUT2D eigenvalue weighted by molar-refractivity contribution is 0.132. The van der Waals surface area contributed by atoms with Gasteiger partial charge in [0, 0.05) is 24.9 Å². The van der Waals surface area contributed by atoms with E-state index in [4.69, 9.17) is 5.73 Å². The number of rotatable bonds is 9. The van der Waals surface area contributed by atoms with Crippen molar-refractivity contribution in [3.8, 4) is 0 Å². The van der Waals surface area contributed by atoms with Crippen LogP contribution in [0.5, 0.6) is 0 Å². The number of hydrogen-bond donors (Lipinski definition) is 2. The molecule has 2 unspecified atom stereocenters. The summed E-state index contributed by atoms with van der Waals surface area (Å²) < 4.78 is 0. The zero-order valence-corrected chi connectivity index (χ0v) is 11.4. The van der Waals surface area contributed by atoms with E-state index < -0.39 is 0 Å². The highest BCUT2D eigenvalue weighted by molar-refractivity contribution is 5.17. The van der Waals surface area contributed by atoms with E-state index in [1.807, 2.05) is 12.1 Å². The van der Waals surface area contributed by atoms with E-state index >= 15 is 0 Å². The fourth-order valence-corrected chi connectivity index (χ4v) is 2.28. The van der Waals surface area contributed by atoms with Crippen molar-refractivity contribution in [3.63, 3.8) is 0 Å². The van der Waals surface area contributed by atoms with Crippen LogP contribution in [0.3, 0.4) is 0 Å². The second-order valence-corrected chi connectivity index (χ2v) is 4.89. The monoisotopic (exact) mass is 250 g/mol. The molecule has 3 heteroatoms. The quantitative estimate of drug-likeness (QED) is 0.663. The molecule has 1 aromatic rings. The van der Waals surface area contributed by atoms with Crippen LogP contribution in [0.15, 0.2) is 24.5 Å². The number of pyridine rings is 1. The fourth-order valence-electron chi connectivity index (χ4n) is 2.28. The zero-order valence-electron chi connectivity index (χ0n) is 11.4. The third kappa shape index (κ3) is 5.15. The van der Waals surface area contributed by atoms with Crippen LogP contribution in [0.4, 0.5) is 0 Å². The Labute approximate surface area is 110 Å². The highest BCUT2D eigenvalue weighted by Gasteiger charge is 2.18. The van der Waals surface area contributed by atoms with Crippen molar-refractivity contribution < 1.29 is 5.11 Å². The Kier molecular flexibility index (Phi) is 7.62. The molecule has 0 aliphatic carbocycles. The first-order valence-corrected chi connectivity index (χ1v) is 7.07. The molecular formula is C15H26N2O. The molecule has 0 amide bonds. The molecule has 1 heterocycles. The number of aliphatic hydroxyl groups is 1. The Morgan fingerprint density at radius 3 is 2.44 bits per heavy atom. The summed E-state index contributed by atoms with van der Waals surface area (Å²) in [5, 5.41) is 10.2. The summed E-state index contributed by atoms with van der Waals surface area (Å²) in [7, 11) is 0. The first kappa shape index (κ1) is 15.1. The molecule has 0 saturated heterocycles. The molecule has 102 valence electrons. The van der Waals surface area contributed by atoms with Gasteiger partial charge in [0.25, 0.3) is 0 Å². The van der Waals surface area contributed by atoms with Crippen LogP contribution in [-0.4, -0.2) is 22.7 Å². The van der Waals surface area contributed by atoms with Crippen LogP contribution in [0.2, 0.25) is 0 Å². The lowest BCUT2D eigenvalue weighted by Crippen LogP contribution is -2.25. The summed E-state index contributed by atoms with van der Waals surface area (Å²) in [5.74, 6) is 0.0409. The molecule has 0 radical (unpaired) electrons. The largest absolute Gasteiger partial charge is 0.392 e. The second kappa shape index (κ2) is 9.06. The zero-order chi connectivity index (χ0) is 13.2. The SMILES string of the molecule is CCCCCCCC(O)C(CN)c1ccncc1. The maximum Gasteiger partial charge on any atom is 0.0620 e. The predicted octanol–water partition coefficient (Wildman–Crippen LogP) is 2.85. The van der Waals surface area contributed by atoms with Gasteiger partial charge in [-0.05, 0) is 24.1 Å². The van der Waals surface area contributed by atoms with Gasteiger partial charge < -0.3 is 10.8 Å². The molecule has 1 aromatic heterocycles. The minimum Gasteiger partial charge on any atom is -0.392 e. The van der Waals surface area contributed by atoms with E-state index in [9.17, 15) is 5.11 Å². The summed E-state index contributed by atoms with van der Waals surface area (Å²) >= 11 is 0. The van der Waals surface area contributed by atoms with E-state index in [2.05, 4.69) is 11.9 Å². The number of nitrogens with zero attached hydrogens (tertiary/aromatic N) is 1. The molecular weight excluding hydrogens is 224 g/mol. The molecule has 3 nitrogen and oxygen atoms in total. The molecule has 0 fully saturated rings. The van der Waals surface area contributed by atoms with Crippen molar-refractivity contribution in [2.24, 2.45) is 5.73 Å². The van der Waals surface area contributed by atoms with Crippen molar-refractivity contribution in [2.45, 2.75) is 57.5 Å². The molecule has 3 N–H and O–H groups in total. The summed E-state index contributed by atoms with van der Waals surface area (Å²) in [6, 6.07) is 3.88. The summed E-state index contributed by atoms with van der Waals surface area (Å²) in [6.07, 6.45) is 10.1. The van der Waals surface area contributed by atoms with Gasteiger partial charge in [0.1, 0.15) is 0 Å². The molecule has 0 bridgehead atoms. The molecule has 0 aliphatic rings. The second-order valence-electron chi connectivity index (χ2n) is 4.89. The topological polar surface area (TPSA) is 59.1 Å².